The van der Waals surface area contributed by atoms with Crippen LogP contribution in [0.1, 0.15) is 22.4 Å². The molecule has 0 saturated carbocycles. The molecule has 0 atom stereocenters. The van der Waals surface area contributed by atoms with Crippen molar-refractivity contribution >= 4 is 11.8 Å². The van der Waals surface area contributed by atoms with Gasteiger partial charge in [0, 0.05) is 16.9 Å². The highest BCUT2D eigenvalue weighted by molar-refractivity contribution is 7.98. The van der Waals surface area contributed by atoms with Crippen LogP contribution in [-0.4, -0.2) is 25.4 Å². The summed E-state index contributed by atoms with van der Waals surface area (Å²) < 4.78 is 20.3. The molecule has 0 radical (unpaired) electrons. The smallest absolute Gasteiger partial charge is 0.214 e. The number of hydrogen-bond acceptors (Lipinski definition) is 6. The Hall–Kier alpha value is -3.00. The van der Waals surface area contributed by atoms with Crippen molar-refractivity contribution in [3.05, 3.63) is 70.7 Å². The molecular weight excluding hydrogens is 377 g/mol. The molecule has 8 heteroatoms. The van der Waals surface area contributed by atoms with Crippen molar-refractivity contribution in [1.82, 2.24) is 25.4 Å². The quantitative estimate of drug-likeness (QED) is 0.457. The average Bonchev–Trinajstić information content (AvgIpc) is 3.30. The minimum absolute atomic E-state index is 0.283. The Balaban J connectivity index is 1.54. The summed E-state index contributed by atoms with van der Waals surface area (Å²) in [5, 5.41) is 16.9. The molecule has 0 aliphatic heterocycles. The third-order valence-corrected chi connectivity index (χ3v) is 5.57. The monoisotopic (exact) mass is 395 g/mol. The zero-order valence-corrected chi connectivity index (χ0v) is 16.5. The number of halogens is 1. The molecule has 0 saturated heterocycles. The fourth-order valence-electron chi connectivity index (χ4n) is 2.80. The van der Waals surface area contributed by atoms with Gasteiger partial charge >= 0.3 is 0 Å². The zero-order valence-electron chi connectivity index (χ0n) is 15.7. The molecule has 2 aromatic carbocycles. The molecule has 28 heavy (non-hydrogen) atoms. The highest BCUT2D eigenvalue weighted by atomic mass is 32.2. The molecule has 6 nitrogen and oxygen atoms in total. The van der Waals surface area contributed by atoms with Gasteiger partial charge in [-0.05, 0) is 78.7 Å². The Bertz CT molecular complexity index is 1120. The minimum atomic E-state index is -0.283. The first-order valence-electron chi connectivity index (χ1n) is 8.73. The summed E-state index contributed by atoms with van der Waals surface area (Å²) in [5.41, 5.74) is 5.84. The SMILES string of the molecule is Cc1ccc(-n2nnnc2SCc2noc(-c3ccc(F)cc3)c2C)cc1C. The number of aryl methyl sites for hydroxylation is 2. The number of nitrogens with zero attached hydrogens (tertiary/aromatic N) is 5. The second-order valence-electron chi connectivity index (χ2n) is 6.52. The predicted molar refractivity (Wildman–Crippen MR) is 105 cm³/mol. The van der Waals surface area contributed by atoms with Crippen LogP contribution in [0.4, 0.5) is 4.39 Å². The first-order chi connectivity index (χ1) is 13.5. The normalized spacial score (nSPS) is 11.1. The van der Waals surface area contributed by atoms with E-state index in [1.54, 1.807) is 16.8 Å². The summed E-state index contributed by atoms with van der Waals surface area (Å²) in [6.45, 7) is 6.07. The van der Waals surface area contributed by atoms with Crippen LogP contribution >= 0.6 is 11.8 Å². The molecule has 0 aliphatic carbocycles. The molecule has 4 aromatic rings. The van der Waals surface area contributed by atoms with Crippen LogP contribution < -0.4 is 0 Å². The van der Waals surface area contributed by atoms with E-state index in [0.717, 1.165) is 22.5 Å². The molecular formula is C20H18FN5OS. The Morgan fingerprint density at radius 2 is 1.82 bits per heavy atom. The van der Waals surface area contributed by atoms with Crippen LogP contribution in [0, 0.1) is 26.6 Å². The second kappa shape index (κ2) is 7.55. The molecule has 0 aliphatic rings. The maximum Gasteiger partial charge on any atom is 0.214 e. The van der Waals surface area contributed by atoms with E-state index in [4.69, 9.17) is 4.52 Å². The van der Waals surface area contributed by atoms with Gasteiger partial charge < -0.3 is 4.52 Å². The van der Waals surface area contributed by atoms with Gasteiger partial charge in [-0.3, -0.25) is 0 Å². The lowest BCUT2D eigenvalue weighted by Crippen LogP contribution is -2.00. The van der Waals surface area contributed by atoms with E-state index in [0.29, 0.717) is 16.7 Å². The van der Waals surface area contributed by atoms with E-state index < -0.39 is 0 Å². The first kappa shape index (κ1) is 18.4. The van der Waals surface area contributed by atoms with E-state index in [1.165, 1.54) is 35.0 Å². The van der Waals surface area contributed by atoms with Crippen LogP contribution in [-0.2, 0) is 5.75 Å². The number of thioether (sulfide) groups is 1. The summed E-state index contributed by atoms with van der Waals surface area (Å²) >= 11 is 1.48. The van der Waals surface area contributed by atoms with E-state index in [1.807, 2.05) is 13.0 Å². The van der Waals surface area contributed by atoms with Crippen molar-refractivity contribution in [2.75, 3.05) is 0 Å². The van der Waals surface area contributed by atoms with Gasteiger partial charge in [0.2, 0.25) is 5.16 Å². The topological polar surface area (TPSA) is 69.6 Å². The Labute approximate surface area is 165 Å². The molecule has 2 aromatic heterocycles. The van der Waals surface area contributed by atoms with Crippen LogP contribution in [0.25, 0.3) is 17.0 Å². The Morgan fingerprint density at radius 1 is 1.04 bits per heavy atom. The molecule has 0 unspecified atom stereocenters. The van der Waals surface area contributed by atoms with Gasteiger partial charge in [-0.2, -0.15) is 4.68 Å². The van der Waals surface area contributed by atoms with E-state index >= 15 is 0 Å². The molecule has 0 amide bonds. The number of rotatable bonds is 5. The van der Waals surface area contributed by atoms with Crippen LogP contribution in [0.15, 0.2) is 52.1 Å². The van der Waals surface area contributed by atoms with Crippen LogP contribution in [0.3, 0.4) is 0 Å². The van der Waals surface area contributed by atoms with Crippen molar-refractivity contribution in [1.29, 1.82) is 0 Å². The third-order valence-electron chi connectivity index (χ3n) is 4.64. The molecule has 142 valence electrons. The number of benzene rings is 2. The first-order valence-corrected chi connectivity index (χ1v) is 9.71. The Morgan fingerprint density at radius 3 is 2.57 bits per heavy atom. The summed E-state index contributed by atoms with van der Waals surface area (Å²) in [6.07, 6.45) is 0. The zero-order chi connectivity index (χ0) is 19.7. The van der Waals surface area contributed by atoms with E-state index in [2.05, 4.69) is 46.7 Å². The van der Waals surface area contributed by atoms with Gasteiger partial charge in [-0.25, -0.2) is 4.39 Å². The summed E-state index contributed by atoms with van der Waals surface area (Å²) in [5.74, 6) is 0.918. The van der Waals surface area contributed by atoms with E-state index in [-0.39, 0.29) is 5.82 Å². The lowest BCUT2D eigenvalue weighted by molar-refractivity contribution is 0.426. The Kier molecular flexibility index (Phi) is 4.95. The average molecular weight is 395 g/mol. The van der Waals surface area contributed by atoms with Gasteiger partial charge in [0.15, 0.2) is 5.76 Å². The molecule has 0 spiro atoms. The van der Waals surface area contributed by atoms with E-state index in [9.17, 15) is 4.39 Å². The summed E-state index contributed by atoms with van der Waals surface area (Å²) in [4.78, 5) is 0. The van der Waals surface area contributed by atoms with Crippen molar-refractivity contribution < 1.29 is 8.91 Å². The lowest BCUT2D eigenvalue weighted by Gasteiger charge is -2.06. The molecule has 0 bridgehead atoms. The highest BCUT2D eigenvalue weighted by Gasteiger charge is 2.16. The maximum absolute atomic E-state index is 13.1. The molecule has 4 rings (SSSR count). The summed E-state index contributed by atoms with van der Waals surface area (Å²) in [6, 6.07) is 12.3. The molecule has 0 N–H and O–H groups in total. The van der Waals surface area contributed by atoms with Crippen LogP contribution in [0.2, 0.25) is 0 Å². The number of aromatic nitrogens is 5. The minimum Gasteiger partial charge on any atom is -0.356 e. The van der Waals surface area contributed by atoms with Gasteiger partial charge in [0.25, 0.3) is 0 Å². The standard InChI is InChI=1S/C20H18FN5OS/c1-12-4-9-17(10-13(12)2)26-20(22-24-25-26)28-11-18-14(3)19(27-23-18)15-5-7-16(21)8-6-15/h4-10H,11H2,1-3H3. The van der Waals surface area contributed by atoms with Crippen molar-refractivity contribution in [2.24, 2.45) is 0 Å². The van der Waals surface area contributed by atoms with Gasteiger partial charge in [-0.1, -0.05) is 23.0 Å². The number of tetrazole rings is 1. The summed E-state index contributed by atoms with van der Waals surface area (Å²) in [7, 11) is 0. The lowest BCUT2D eigenvalue weighted by atomic mass is 10.1. The van der Waals surface area contributed by atoms with Crippen molar-refractivity contribution in [3.8, 4) is 17.0 Å². The van der Waals surface area contributed by atoms with Crippen molar-refractivity contribution in [3.63, 3.8) is 0 Å². The third kappa shape index (κ3) is 3.55. The number of hydrogen-bond donors (Lipinski definition) is 0. The molecule has 2 heterocycles. The van der Waals surface area contributed by atoms with Crippen LogP contribution in [0.5, 0.6) is 0 Å². The molecule has 0 fully saturated rings. The fourth-order valence-corrected chi connectivity index (χ4v) is 3.69. The van der Waals surface area contributed by atoms with Gasteiger partial charge in [0.1, 0.15) is 5.82 Å². The predicted octanol–water partition coefficient (Wildman–Crippen LogP) is 4.67. The largest absolute Gasteiger partial charge is 0.356 e. The maximum atomic E-state index is 13.1. The second-order valence-corrected chi connectivity index (χ2v) is 7.46. The highest BCUT2D eigenvalue weighted by Crippen LogP contribution is 2.30. The fraction of sp³-hybridized carbons (Fsp3) is 0.200. The van der Waals surface area contributed by atoms with Crippen molar-refractivity contribution in [2.45, 2.75) is 31.7 Å². The van der Waals surface area contributed by atoms with Gasteiger partial charge in [0.05, 0.1) is 11.4 Å². The van der Waals surface area contributed by atoms with Gasteiger partial charge in [-0.15, -0.1) is 5.10 Å².